The topological polar surface area (TPSA) is 38.3 Å². The van der Waals surface area contributed by atoms with Crippen molar-refractivity contribution in [1.29, 1.82) is 0 Å². The average molecular weight is 283 g/mol. The third kappa shape index (κ3) is 4.35. The summed E-state index contributed by atoms with van der Waals surface area (Å²) in [4.78, 5) is 12.3. The summed E-state index contributed by atoms with van der Waals surface area (Å²) in [5.74, 6) is 1.05. The molecule has 3 nitrogen and oxygen atoms in total. The van der Waals surface area contributed by atoms with Gasteiger partial charge in [-0.3, -0.25) is 4.79 Å². The van der Waals surface area contributed by atoms with Crippen LogP contribution in [0, 0.1) is 12.8 Å². The molecule has 0 radical (unpaired) electrons. The molecule has 2 aromatic carbocycles. The van der Waals surface area contributed by atoms with Crippen molar-refractivity contribution < 1.29 is 9.53 Å². The third-order valence-electron chi connectivity index (χ3n) is 3.07. The maximum absolute atomic E-state index is 12.3. The summed E-state index contributed by atoms with van der Waals surface area (Å²) in [5, 5.41) is 2.92. The van der Waals surface area contributed by atoms with E-state index in [1.54, 1.807) is 12.1 Å². The Bertz CT molecular complexity index is 620. The maximum atomic E-state index is 12.3. The van der Waals surface area contributed by atoms with E-state index in [0.717, 1.165) is 17.0 Å². The maximum Gasteiger partial charge on any atom is 0.255 e. The second-order valence-corrected chi connectivity index (χ2v) is 5.50. The lowest BCUT2D eigenvalue weighted by Gasteiger charge is -2.11. The standard InChI is InChI=1S/C18H21NO2/c1-13(2)12-21-16-9-6-8-15(11-16)18(20)19-17-10-5-4-7-14(17)3/h4-11,13H,12H2,1-3H3,(H,19,20). The van der Waals surface area contributed by atoms with Crippen LogP contribution in [-0.4, -0.2) is 12.5 Å². The molecule has 0 saturated carbocycles. The molecule has 110 valence electrons. The Balaban J connectivity index is 2.09. The lowest BCUT2D eigenvalue weighted by atomic mass is 10.1. The molecule has 0 heterocycles. The average Bonchev–Trinajstić information content (AvgIpc) is 2.48. The number of anilines is 1. The zero-order chi connectivity index (χ0) is 15.2. The first-order valence-electron chi connectivity index (χ1n) is 7.16. The summed E-state index contributed by atoms with van der Waals surface area (Å²) in [5.41, 5.74) is 2.47. The largest absolute Gasteiger partial charge is 0.493 e. The second kappa shape index (κ2) is 6.93. The molecule has 0 aliphatic rings. The second-order valence-electron chi connectivity index (χ2n) is 5.50. The van der Waals surface area contributed by atoms with E-state index in [4.69, 9.17) is 4.74 Å². The number of hydrogen-bond donors (Lipinski definition) is 1. The van der Waals surface area contributed by atoms with Crippen molar-refractivity contribution in [2.75, 3.05) is 11.9 Å². The third-order valence-corrected chi connectivity index (χ3v) is 3.07. The van der Waals surface area contributed by atoms with Crippen LogP contribution in [0.3, 0.4) is 0 Å². The van der Waals surface area contributed by atoms with Gasteiger partial charge in [-0.1, -0.05) is 38.1 Å². The highest BCUT2D eigenvalue weighted by molar-refractivity contribution is 6.04. The van der Waals surface area contributed by atoms with E-state index in [2.05, 4.69) is 19.2 Å². The minimum atomic E-state index is -0.126. The van der Waals surface area contributed by atoms with Crippen molar-refractivity contribution in [3.05, 3.63) is 59.7 Å². The molecule has 0 aliphatic carbocycles. The minimum Gasteiger partial charge on any atom is -0.493 e. The summed E-state index contributed by atoms with van der Waals surface area (Å²) in [6, 6.07) is 15.0. The van der Waals surface area contributed by atoms with Gasteiger partial charge < -0.3 is 10.1 Å². The Hall–Kier alpha value is -2.29. The van der Waals surface area contributed by atoms with Crippen molar-refractivity contribution in [2.45, 2.75) is 20.8 Å². The first-order chi connectivity index (χ1) is 10.1. The highest BCUT2D eigenvalue weighted by Crippen LogP contribution is 2.18. The summed E-state index contributed by atoms with van der Waals surface area (Å²) in [7, 11) is 0. The number of hydrogen-bond acceptors (Lipinski definition) is 2. The van der Waals surface area contributed by atoms with E-state index in [1.165, 1.54) is 0 Å². The van der Waals surface area contributed by atoms with E-state index >= 15 is 0 Å². The van der Waals surface area contributed by atoms with Gasteiger partial charge in [0.15, 0.2) is 0 Å². The highest BCUT2D eigenvalue weighted by atomic mass is 16.5. The van der Waals surface area contributed by atoms with Crippen molar-refractivity contribution >= 4 is 11.6 Å². The molecule has 0 aromatic heterocycles. The highest BCUT2D eigenvalue weighted by Gasteiger charge is 2.08. The first kappa shape index (κ1) is 15.1. The van der Waals surface area contributed by atoms with E-state index in [-0.39, 0.29) is 5.91 Å². The van der Waals surface area contributed by atoms with Crippen LogP contribution < -0.4 is 10.1 Å². The van der Waals surface area contributed by atoms with E-state index in [0.29, 0.717) is 18.1 Å². The lowest BCUT2D eigenvalue weighted by Crippen LogP contribution is -2.13. The van der Waals surface area contributed by atoms with Gasteiger partial charge in [0.25, 0.3) is 5.91 Å². The molecule has 0 spiro atoms. The molecule has 0 saturated heterocycles. The van der Waals surface area contributed by atoms with Gasteiger partial charge in [0.2, 0.25) is 0 Å². The number of aryl methyl sites for hydroxylation is 1. The number of amides is 1. The monoisotopic (exact) mass is 283 g/mol. The van der Waals surface area contributed by atoms with Crippen LogP contribution in [-0.2, 0) is 0 Å². The SMILES string of the molecule is Cc1ccccc1NC(=O)c1cccc(OCC(C)C)c1. The predicted octanol–water partition coefficient (Wildman–Crippen LogP) is 4.28. The molecule has 0 unspecified atom stereocenters. The fourth-order valence-corrected chi connectivity index (χ4v) is 1.90. The van der Waals surface area contributed by atoms with Crippen molar-refractivity contribution in [3.63, 3.8) is 0 Å². The number of nitrogens with one attached hydrogen (secondary N) is 1. The number of rotatable bonds is 5. The summed E-state index contributed by atoms with van der Waals surface area (Å²) < 4.78 is 5.65. The van der Waals surface area contributed by atoms with Crippen LogP contribution in [0.15, 0.2) is 48.5 Å². The van der Waals surface area contributed by atoms with Crippen LogP contribution in [0.1, 0.15) is 29.8 Å². The Morgan fingerprint density at radius 3 is 2.62 bits per heavy atom. The van der Waals surface area contributed by atoms with Gasteiger partial charge in [-0.05, 0) is 42.7 Å². The quantitative estimate of drug-likeness (QED) is 0.889. The summed E-state index contributed by atoms with van der Waals surface area (Å²) in [6.45, 7) is 6.80. The summed E-state index contributed by atoms with van der Waals surface area (Å²) >= 11 is 0. The number of carbonyl (C=O) groups is 1. The van der Waals surface area contributed by atoms with E-state index < -0.39 is 0 Å². The number of para-hydroxylation sites is 1. The smallest absolute Gasteiger partial charge is 0.255 e. The fourth-order valence-electron chi connectivity index (χ4n) is 1.90. The van der Waals surface area contributed by atoms with Gasteiger partial charge in [-0.15, -0.1) is 0 Å². The van der Waals surface area contributed by atoms with Crippen molar-refractivity contribution in [3.8, 4) is 5.75 Å². The van der Waals surface area contributed by atoms with E-state index in [9.17, 15) is 4.79 Å². The normalized spacial score (nSPS) is 10.5. The Kier molecular flexibility index (Phi) is 4.99. The van der Waals surface area contributed by atoms with Crippen LogP contribution >= 0.6 is 0 Å². The fraction of sp³-hybridized carbons (Fsp3) is 0.278. The van der Waals surface area contributed by atoms with Gasteiger partial charge in [0.1, 0.15) is 5.75 Å². The van der Waals surface area contributed by atoms with Crippen LogP contribution in [0.25, 0.3) is 0 Å². The zero-order valence-electron chi connectivity index (χ0n) is 12.7. The van der Waals surface area contributed by atoms with Crippen LogP contribution in [0.5, 0.6) is 5.75 Å². The first-order valence-corrected chi connectivity index (χ1v) is 7.16. The minimum absolute atomic E-state index is 0.126. The number of ether oxygens (including phenoxy) is 1. The Morgan fingerprint density at radius 2 is 1.90 bits per heavy atom. The molecule has 1 amide bonds. The Labute approximate surface area is 126 Å². The molecule has 0 fully saturated rings. The lowest BCUT2D eigenvalue weighted by molar-refractivity contribution is 0.102. The number of benzene rings is 2. The number of carbonyl (C=O) groups excluding carboxylic acids is 1. The molecule has 0 bridgehead atoms. The van der Waals surface area contributed by atoms with Gasteiger partial charge in [0, 0.05) is 11.3 Å². The summed E-state index contributed by atoms with van der Waals surface area (Å²) in [6.07, 6.45) is 0. The molecular weight excluding hydrogens is 262 g/mol. The Morgan fingerprint density at radius 1 is 1.14 bits per heavy atom. The predicted molar refractivity (Wildman–Crippen MR) is 85.9 cm³/mol. The molecule has 0 aliphatic heterocycles. The molecule has 1 N–H and O–H groups in total. The molecule has 2 aromatic rings. The van der Waals surface area contributed by atoms with Crippen LogP contribution in [0.4, 0.5) is 5.69 Å². The molecule has 2 rings (SSSR count). The molecular formula is C18H21NO2. The zero-order valence-corrected chi connectivity index (χ0v) is 12.7. The van der Waals surface area contributed by atoms with Gasteiger partial charge in [-0.25, -0.2) is 0 Å². The van der Waals surface area contributed by atoms with Crippen molar-refractivity contribution in [2.24, 2.45) is 5.92 Å². The van der Waals surface area contributed by atoms with Crippen LogP contribution in [0.2, 0.25) is 0 Å². The van der Waals surface area contributed by atoms with E-state index in [1.807, 2.05) is 43.3 Å². The van der Waals surface area contributed by atoms with Gasteiger partial charge >= 0.3 is 0 Å². The molecule has 3 heteroatoms. The van der Waals surface area contributed by atoms with Crippen molar-refractivity contribution in [1.82, 2.24) is 0 Å². The molecule has 0 atom stereocenters. The molecule has 21 heavy (non-hydrogen) atoms. The van der Waals surface area contributed by atoms with Gasteiger partial charge in [-0.2, -0.15) is 0 Å². The van der Waals surface area contributed by atoms with Gasteiger partial charge in [0.05, 0.1) is 6.61 Å².